The van der Waals surface area contributed by atoms with Gasteiger partial charge in [0.05, 0.1) is 0 Å². The van der Waals surface area contributed by atoms with Crippen molar-refractivity contribution < 1.29 is 4.74 Å². The molecule has 1 N–H and O–H groups in total. The molecule has 0 aliphatic rings. The van der Waals surface area contributed by atoms with Crippen LogP contribution in [-0.2, 0) is 13.2 Å². The van der Waals surface area contributed by atoms with Crippen molar-refractivity contribution in [3.63, 3.8) is 0 Å². The number of nitrogens with zero attached hydrogens (tertiary/aromatic N) is 1. The first-order chi connectivity index (χ1) is 8.40. The minimum atomic E-state index is 0.591. The summed E-state index contributed by atoms with van der Waals surface area (Å²) < 4.78 is 5.74. The number of ether oxygens (including phenoxy) is 1. The summed E-state index contributed by atoms with van der Waals surface area (Å²) in [5.74, 6) is 0.724. The van der Waals surface area contributed by atoms with Crippen LogP contribution in [0, 0.1) is 0 Å². The molecule has 17 heavy (non-hydrogen) atoms. The van der Waals surface area contributed by atoms with Gasteiger partial charge in [0, 0.05) is 23.2 Å². The Hall–Kier alpha value is -1.39. The molecule has 0 spiro atoms. The number of hydrogen-bond acceptors (Lipinski definition) is 4. The average molecular weight is 248 g/mol. The molecule has 0 aliphatic carbocycles. The Bertz CT molecular complexity index is 442. The second-order valence-corrected chi connectivity index (χ2v) is 4.65. The maximum atomic E-state index is 5.74. The average Bonchev–Trinajstić information content (AvgIpc) is 2.88. The standard InChI is InChI=1S/C13H16N2OS/c1-2-14-9-11-5-3-7-15-13(11)16-10-12-6-4-8-17-12/h3-8,14H,2,9-10H2,1H3. The lowest BCUT2D eigenvalue weighted by Crippen LogP contribution is -2.13. The van der Waals surface area contributed by atoms with E-state index >= 15 is 0 Å². The van der Waals surface area contributed by atoms with Gasteiger partial charge in [-0.25, -0.2) is 4.98 Å². The second-order valence-electron chi connectivity index (χ2n) is 3.62. The molecule has 2 aromatic rings. The van der Waals surface area contributed by atoms with Crippen LogP contribution >= 0.6 is 11.3 Å². The summed E-state index contributed by atoms with van der Waals surface area (Å²) >= 11 is 1.70. The Labute approximate surface area is 105 Å². The molecule has 3 nitrogen and oxygen atoms in total. The number of nitrogens with one attached hydrogen (secondary N) is 1. The largest absolute Gasteiger partial charge is 0.472 e. The zero-order chi connectivity index (χ0) is 11.9. The van der Waals surface area contributed by atoms with E-state index in [9.17, 15) is 0 Å². The maximum absolute atomic E-state index is 5.74. The fourth-order valence-electron chi connectivity index (χ4n) is 1.48. The van der Waals surface area contributed by atoms with Gasteiger partial charge in [-0.2, -0.15) is 0 Å². The molecule has 0 aliphatic heterocycles. The maximum Gasteiger partial charge on any atom is 0.218 e. The monoisotopic (exact) mass is 248 g/mol. The Kier molecular flexibility index (Phi) is 4.53. The minimum Gasteiger partial charge on any atom is -0.472 e. The van der Waals surface area contributed by atoms with E-state index in [0.29, 0.717) is 6.61 Å². The Balaban J connectivity index is 1.99. The summed E-state index contributed by atoms with van der Waals surface area (Å²) in [7, 11) is 0. The molecular weight excluding hydrogens is 232 g/mol. The number of rotatable bonds is 6. The van der Waals surface area contributed by atoms with E-state index in [1.54, 1.807) is 17.5 Å². The molecule has 0 saturated carbocycles. The van der Waals surface area contributed by atoms with Gasteiger partial charge in [0.1, 0.15) is 6.61 Å². The molecule has 0 fully saturated rings. The normalized spacial score (nSPS) is 10.4. The lowest BCUT2D eigenvalue weighted by molar-refractivity contribution is 0.293. The third-order valence-corrected chi connectivity index (χ3v) is 3.20. The molecule has 0 atom stereocenters. The zero-order valence-electron chi connectivity index (χ0n) is 9.85. The Morgan fingerprint density at radius 1 is 1.35 bits per heavy atom. The first-order valence-electron chi connectivity index (χ1n) is 5.70. The molecule has 0 unspecified atom stereocenters. The lowest BCUT2D eigenvalue weighted by Gasteiger charge is -2.09. The summed E-state index contributed by atoms with van der Waals surface area (Å²) in [6.07, 6.45) is 1.76. The van der Waals surface area contributed by atoms with Gasteiger partial charge >= 0.3 is 0 Å². The predicted molar refractivity (Wildman–Crippen MR) is 70.3 cm³/mol. The molecule has 2 heterocycles. The van der Waals surface area contributed by atoms with Gasteiger partial charge in [0.15, 0.2) is 0 Å². The quantitative estimate of drug-likeness (QED) is 0.853. The van der Waals surface area contributed by atoms with Crippen LogP contribution in [0.2, 0.25) is 0 Å². The van der Waals surface area contributed by atoms with Gasteiger partial charge in [-0.05, 0) is 24.1 Å². The third-order valence-electron chi connectivity index (χ3n) is 2.35. The third kappa shape index (κ3) is 3.54. The van der Waals surface area contributed by atoms with E-state index in [0.717, 1.165) is 24.5 Å². The van der Waals surface area contributed by atoms with Crippen molar-refractivity contribution in [2.24, 2.45) is 0 Å². The molecule has 0 radical (unpaired) electrons. The van der Waals surface area contributed by atoms with E-state index in [1.807, 2.05) is 18.2 Å². The molecule has 0 bridgehead atoms. The second kappa shape index (κ2) is 6.37. The summed E-state index contributed by atoms with van der Waals surface area (Å²) in [4.78, 5) is 5.49. The van der Waals surface area contributed by atoms with Crippen LogP contribution in [0.3, 0.4) is 0 Å². The number of thiophene rings is 1. The van der Waals surface area contributed by atoms with Gasteiger partial charge in [-0.15, -0.1) is 11.3 Å². The minimum absolute atomic E-state index is 0.591. The highest BCUT2D eigenvalue weighted by Crippen LogP contribution is 2.17. The van der Waals surface area contributed by atoms with Crippen LogP contribution in [0.15, 0.2) is 35.8 Å². The zero-order valence-corrected chi connectivity index (χ0v) is 10.7. The van der Waals surface area contributed by atoms with Crippen molar-refractivity contribution in [1.82, 2.24) is 10.3 Å². The predicted octanol–water partition coefficient (Wildman–Crippen LogP) is 2.83. The highest BCUT2D eigenvalue weighted by Gasteiger charge is 2.04. The van der Waals surface area contributed by atoms with E-state index in [4.69, 9.17) is 4.74 Å². The van der Waals surface area contributed by atoms with Gasteiger partial charge in [0.2, 0.25) is 5.88 Å². The summed E-state index contributed by atoms with van der Waals surface area (Å²) in [6, 6.07) is 8.07. The van der Waals surface area contributed by atoms with Crippen LogP contribution in [0.1, 0.15) is 17.4 Å². The Morgan fingerprint density at radius 2 is 2.29 bits per heavy atom. The summed E-state index contributed by atoms with van der Waals surface area (Å²) in [5, 5.41) is 5.33. The molecule has 2 aromatic heterocycles. The smallest absolute Gasteiger partial charge is 0.218 e. The fourth-order valence-corrected chi connectivity index (χ4v) is 2.10. The molecule has 4 heteroatoms. The first-order valence-corrected chi connectivity index (χ1v) is 6.58. The molecular formula is C13H16N2OS. The highest BCUT2D eigenvalue weighted by molar-refractivity contribution is 7.09. The van der Waals surface area contributed by atoms with E-state index in [2.05, 4.69) is 28.7 Å². The van der Waals surface area contributed by atoms with Crippen molar-refractivity contribution in [3.05, 3.63) is 46.3 Å². The fraction of sp³-hybridized carbons (Fsp3) is 0.308. The molecule has 90 valence electrons. The van der Waals surface area contributed by atoms with Crippen LogP contribution in [-0.4, -0.2) is 11.5 Å². The number of pyridine rings is 1. The van der Waals surface area contributed by atoms with Crippen molar-refractivity contribution in [1.29, 1.82) is 0 Å². The summed E-state index contributed by atoms with van der Waals surface area (Å²) in [6.45, 7) is 4.42. The Morgan fingerprint density at radius 3 is 3.06 bits per heavy atom. The number of aromatic nitrogens is 1. The molecule has 0 saturated heterocycles. The van der Waals surface area contributed by atoms with Crippen LogP contribution in [0.4, 0.5) is 0 Å². The highest BCUT2D eigenvalue weighted by atomic mass is 32.1. The topological polar surface area (TPSA) is 34.2 Å². The SMILES string of the molecule is CCNCc1cccnc1OCc1cccs1. The van der Waals surface area contributed by atoms with Gasteiger partial charge in [-0.3, -0.25) is 0 Å². The van der Waals surface area contributed by atoms with Gasteiger partial charge < -0.3 is 10.1 Å². The van der Waals surface area contributed by atoms with Crippen LogP contribution < -0.4 is 10.1 Å². The van der Waals surface area contributed by atoms with Crippen molar-refractivity contribution in [2.75, 3.05) is 6.54 Å². The van der Waals surface area contributed by atoms with Crippen LogP contribution in [0.5, 0.6) is 5.88 Å². The van der Waals surface area contributed by atoms with Crippen molar-refractivity contribution >= 4 is 11.3 Å². The number of hydrogen-bond donors (Lipinski definition) is 1. The van der Waals surface area contributed by atoms with E-state index < -0.39 is 0 Å². The molecule has 0 aromatic carbocycles. The van der Waals surface area contributed by atoms with Gasteiger partial charge in [0.25, 0.3) is 0 Å². The molecule has 2 rings (SSSR count). The van der Waals surface area contributed by atoms with Gasteiger partial charge in [-0.1, -0.05) is 19.1 Å². The van der Waals surface area contributed by atoms with Crippen molar-refractivity contribution in [3.8, 4) is 5.88 Å². The first kappa shape index (κ1) is 12.1. The van der Waals surface area contributed by atoms with Crippen LogP contribution in [0.25, 0.3) is 0 Å². The summed E-state index contributed by atoms with van der Waals surface area (Å²) in [5.41, 5.74) is 1.10. The lowest BCUT2D eigenvalue weighted by atomic mass is 10.2. The molecule has 0 amide bonds. The van der Waals surface area contributed by atoms with E-state index in [1.165, 1.54) is 4.88 Å². The van der Waals surface area contributed by atoms with E-state index in [-0.39, 0.29) is 0 Å². The van der Waals surface area contributed by atoms with Crippen molar-refractivity contribution in [2.45, 2.75) is 20.1 Å².